The van der Waals surface area contributed by atoms with Crippen molar-refractivity contribution < 1.29 is 4.79 Å². The molecule has 5 heteroatoms. The van der Waals surface area contributed by atoms with E-state index in [1.165, 1.54) is 16.9 Å². The van der Waals surface area contributed by atoms with Crippen molar-refractivity contribution in [2.75, 3.05) is 55.4 Å². The van der Waals surface area contributed by atoms with Crippen LogP contribution in [0.25, 0.3) is 0 Å². The zero-order valence-electron chi connectivity index (χ0n) is 15.9. The van der Waals surface area contributed by atoms with E-state index in [0.717, 1.165) is 38.3 Å². The fraction of sp³-hybridized carbons (Fsp3) is 0.381. The van der Waals surface area contributed by atoms with E-state index < -0.39 is 0 Å². The summed E-state index contributed by atoms with van der Waals surface area (Å²) in [7, 11) is 4.09. The molecule has 138 valence electrons. The standard InChI is InChI=1S/C21H28N4O/c1-4-17-7-5-6-8-20(17)22-21(26)25-15-13-24(14-16-25)19-11-9-18(10-12-19)23(2)3/h5-12H,4,13-16H2,1-3H3,(H,22,26). The monoisotopic (exact) mass is 352 g/mol. The van der Waals surface area contributed by atoms with Crippen LogP contribution in [-0.2, 0) is 6.42 Å². The maximum Gasteiger partial charge on any atom is 0.321 e. The Morgan fingerprint density at radius 3 is 2.27 bits per heavy atom. The van der Waals surface area contributed by atoms with Crippen molar-refractivity contribution in [2.45, 2.75) is 13.3 Å². The molecule has 1 heterocycles. The average Bonchev–Trinajstić information content (AvgIpc) is 2.68. The van der Waals surface area contributed by atoms with Gasteiger partial charge in [-0.3, -0.25) is 0 Å². The molecule has 0 bridgehead atoms. The predicted molar refractivity (Wildman–Crippen MR) is 109 cm³/mol. The SMILES string of the molecule is CCc1ccccc1NC(=O)N1CCN(c2ccc(N(C)C)cc2)CC1. The second-order valence-corrected chi connectivity index (χ2v) is 6.83. The first-order valence-corrected chi connectivity index (χ1v) is 9.24. The molecular weight excluding hydrogens is 324 g/mol. The molecule has 1 aliphatic heterocycles. The zero-order valence-corrected chi connectivity index (χ0v) is 15.9. The number of hydrogen-bond donors (Lipinski definition) is 1. The van der Waals surface area contributed by atoms with Gasteiger partial charge in [-0.15, -0.1) is 0 Å². The molecule has 0 atom stereocenters. The lowest BCUT2D eigenvalue weighted by atomic mass is 10.1. The van der Waals surface area contributed by atoms with E-state index in [0.29, 0.717) is 0 Å². The molecule has 0 unspecified atom stereocenters. The first-order chi connectivity index (χ1) is 12.6. The molecule has 1 saturated heterocycles. The lowest BCUT2D eigenvalue weighted by molar-refractivity contribution is 0.208. The van der Waals surface area contributed by atoms with Gasteiger partial charge in [0.25, 0.3) is 0 Å². The molecule has 1 fully saturated rings. The normalized spacial score (nSPS) is 14.3. The van der Waals surface area contributed by atoms with Gasteiger partial charge in [0.05, 0.1) is 0 Å². The Balaban J connectivity index is 1.57. The van der Waals surface area contributed by atoms with Gasteiger partial charge < -0.3 is 20.0 Å². The van der Waals surface area contributed by atoms with Crippen LogP contribution in [0.1, 0.15) is 12.5 Å². The lowest BCUT2D eigenvalue weighted by Gasteiger charge is -2.36. The van der Waals surface area contributed by atoms with Crippen LogP contribution in [0, 0.1) is 0 Å². The van der Waals surface area contributed by atoms with Crippen LogP contribution in [-0.4, -0.2) is 51.2 Å². The predicted octanol–water partition coefficient (Wildman–Crippen LogP) is 3.67. The number of rotatable bonds is 4. The van der Waals surface area contributed by atoms with Crippen molar-refractivity contribution >= 4 is 23.1 Å². The number of nitrogens with one attached hydrogen (secondary N) is 1. The number of nitrogens with zero attached hydrogens (tertiary/aromatic N) is 3. The highest BCUT2D eigenvalue weighted by molar-refractivity contribution is 5.90. The molecule has 2 aromatic carbocycles. The summed E-state index contributed by atoms with van der Waals surface area (Å²) in [4.78, 5) is 18.9. The molecule has 0 saturated carbocycles. The molecular formula is C21H28N4O. The summed E-state index contributed by atoms with van der Waals surface area (Å²) in [6.07, 6.45) is 0.910. The number of piperazine rings is 1. The number of carbonyl (C=O) groups excluding carboxylic acids is 1. The Morgan fingerprint density at radius 1 is 1.00 bits per heavy atom. The van der Waals surface area contributed by atoms with Crippen LogP contribution in [0.4, 0.5) is 21.9 Å². The highest BCUT2D eigenvalue weighted by Gasteiger charge is 2.21. The van der Waals surface area contributed by atoms with Gasteiger partial charge in [0.1, 0.15) is 0 Å². The van der Waals surface area contributed by atoms with Gasteiger partial charge in [0, 0.05) is 57.3 Å². The number of carbonyl (C=O) groups is 1. The summed E-state index contributed by atoms with van der Waals surface area (Å²) in [5.41, 5.74) is 4.50. The van der Waals surface area contributed by atoms with Crippen LogP contribution >= 0.6 is 0 Å². The average molecular weight is 352 g/mol. The number of para-hydroxylation sites is 1. The molecule has 0 aliphatic carbocycles. The highest BCUT2D eigenvalue weighted by Crippen LogP contribution is 2.21. The second kappa shape index (κ2) is 8.13. The molecule has 2 amide bonds. The van der Waals surface area contributed by atoms with Crippen LogP contribution < -0.4 is 15.1 Å². The van der Waals surface area contributed by atoms with Crippen LogP contribution in [0.15, 0.2) is 48.5 Å². The van der Waals surface area contributed by atoms with Gasteiger partial charge in [-0.2, -0.15) is 0 Å². The molecule has 0 aromatic heterocycles. The second-order valence-electron chi connectivity index (χ2n) is 6.83. The fourth-order valence-corrected chi connectivity index (χ4v) is 3.27. The van der Waals surface area contributed by atoms with E-state index in [2.05, 4.69) is 52.4 Å². The van der Waals surface area contributed by atoms with Crippen molar-refractivity contribution in [3.63, 3.8) is 0 Å². The summed E-state index contributed by atoms with van der Waals surface area (Å²) < 4.78 is 0. The maximum atomic E-state index is 12.6. The van der Waals surface area contributed by atoms with Crippen LogP contribution in [0.3, 0.4) is 0 Å². The van der Waals surface area contributed by atoms with Gasteiger partial charge in [0.2, 0.25) is 0 Å². The van der Waals surface area contributed by atoms with Gasteiger partial charge in [-0.05, 0) is 42.3 Å². The van der Waals surface area contributed by atoms with Crippen molar-refractivity contribution in [1.29, 1.82) is 0 Å². The minimum atomic E-state index is -0.00601. The fourth-order valence-electron chi connectivity index (χ4n) is 3.27. The van der Waals surface area contributed by atoms with Crippen LogP contribution in [0.2, 0.25) is 0 Å². The third-order valence-corrected chi connectivity index (χ3v) is 4.94. The van der Waals surface area contributed by atoms with E-state index in [9.17, 15) is 4.79 Å². The molecule has 0 radical (unpaired) electrons. The summed E-state index contributed by atoms with van der Waals surface area (Å²) >= 11 is 0. The van der Waals surface area contributed by atoms with Gasteiger partial charge in [0.15, 0.2) is 0 Å². The van der Waals surface area contributed by atoms with Gasteiger partial charge >= 0.3 is 6.03 Å². The first-order valence-electron chi connectivity index (χ1n) is 9.24. The Morgan fingerprint density at radius 2 is 1.65 bits per heavy atom. The molecule has 3 rings (SSSR count). The smallest absolute Gasteiger partial charge is 0.321 e. The van der Waals surface area contributed by atoms with Crippen molar-refractivity contribution in [3.05, 3.63) is 54.1 Å². The number of benzene rings is 2. The van der Waals surface area contributed by atoms with E-state index in [-0.39, 0.29) is 6.03 Å². The number of amides is 2. The maximum absolute atomic E-state index is 12.6. The van der Waals surface area contributed by atoms with Crippen molar-refractivity contribution in [3.8, 4) is 0 Å². The highest BCUT2D eigenvalue weighted by atomic mass is 16.2. The summed E-state index contributed by atoms with van der Waals surface area (Å²) in [6.45, 7) is 5.27. The first kappa shape index (κ1) is 18.1. The Hall–Kier alpha value is -2.69. The van der Waals surface area contributed by atoms with Crippen molar-refractivity contribution in [1.82, 2.24) is 4.90 Å². The van der Waals surface area contributed by atoms with Gasteiger partial charge in [-0.25, -0.2) is 4.79 Å². The minimum absolute atomic E-state index is 0.00601. The Labute approximate surface area is 156 Å². The Bertz CT molecular complexity index is 734. The van der Waals surface area contributed by atoms with Crippen LogP contribution in [0.5, 0.6) is 0 Å². The molecule has 26 heavy (non-hydrogen) atoms. The zero-order chi connectivity index (χ0) is 18.5. The lowest BCUT2D eigenvalue weighted by Crippen LogP contribution is -2.50. The molecule has 1 aliphatic rings. The summed E-state index contributed by atoms with van der Waals surface area (Å²) in [5, 5.41) is 3.07. The molecule has 2 aromatic rings. The number of hydrogen-bond acceptors (Lipinski definition) is 3. The number of anilines is 3. The van der Waals surface area contributed by atoms with E-state index >= 15 is 0 Å². The summed E-state index contributed by atoms with van der Waals surface area (Å²) in [5.74, 6) is 0. The largest absolute Gasteiger partial charge is 0.378 e. The Kier molecular flexibility index (Phi) is 5.66. The third-order valence-electron chi connectivity index (χ3n) is 4.94. The van der Waals surface area contributed by atoms with E-state index in [1.807, 2.05) is 37.2 Å². The molecule has 1 N–H and O–H groups in total. The third kappa shape index (κ3) is 4.10. The minimum Gasteiger partial charge on any atom is -0.378 e. The molecule has 0 spiro atoms. The van der Waals surface area contributed by atoms with Crippen molar-refractivity contribution in [2.24, 2.45) is 0 Å². The topological polar surface area (TPSA) is 38.8 Å². The number of aryl methyl sites for hydroxylation is 1. The molecule has 5 nitrogen and oxygen atoms in total. The summed E-state index contributed by atoms with van der Waals surface area (Å²) in [6, 6.07) is 16.6. The quantitative estimate of drug-likeness (QED) is 0.912. The van der Waals surface area contributed by atoms with Gasteiger partial charge in [-0.1, -0.05) is 25.1 Å². The van der Waals surface area contributed by atoms with E-state index in [4.69, 9.17) is 0 Å². The van der Waals surface area contributed by atoms with E-state index in [1.54, 1.807) is 0 Å². The number of urea groups is 1.